The molecule has 1 heterocycles. The van der Waals surface area contributed by atoms with Crippen molar-refractivity contribution in [3.63, 3.8) is 0 Å². The number of benzene rings is 1. The molecule has 1 N–H and O–H groups in total. The number of esters is 1. The number of cyclic esters (lactones) is 1. The Morgan fingerprint density at radius 3 is 2.78 bits per heavy atom. The van der Waals surface area contributed by atoms with Crippen molar-refractivity contribution in [1.29, 1.82) is 0 Å². The third-order valence-electron chi connectivity index (χ3n) is 2.66. The Morgan fingerprint density at radius 1 is 1.44 bits per heavy atom. The van der Waals surface area contributed by atoms with Gasteiger partial charge in [0.2, 0.25) is 5.91 Å². The minimum absolute atomic E-state index is 0.135. The minimum Gasteiger partial charge on any atom is -0.464 e. The van der Waals surface area contributed by atoms with Gasteiger partial charge in [-0.05, 0) is 19.1 Å². The second kappa shape index (κ2) is 5.91. The summed E-state index contributed by atoms with van der Waals surface area (Å²) in [5, 5.41) is 2.68. The van der Waals surface area contributed by atoms with Crippen molar-refractivity contribution < 1.29 is 14.3 Å². The molecule has 0 bridgehead atoms. The van der Waals surface area contributed by atoms with E-state index in [-0.39, 0.29) is 11.9 Å². The van der Waals surface area contributed by atoms with Crippen molar-refractivity contribution in [3.05, 3.63) is 29.8 Å². The minimum atomic E-state index is -0.462. The summed E-state index contributed by atoms with van der Waals surface area (Å²) in [6.07, 6.45) is 0.569. The van der Waals surface area contributed by atoms with Gasteiger partial charge < -0.3 is 10.1 Å². The van der Waals surface area contributed by atoms with Crippen LogP contribution in [0.25, 0.3) is 0 Å². The molecule has 18 heavy (non-hydrogen) atoms. The fourth-order valence-electron chi connectivity index (χ4n) is 1.65. The summed E-state index contributed by atoms with van der Waals surface area (Å²) in [5.41, 5.74) is 1.19. The SMILES string of the molecule is Cc1ccc(SCC(=O)NC2CCOC2=O)cc1. The van der Waals surface area contributed by atoms with Crippen molar-refractivity contribution in [2.75, 3.05) is 12.4 Å². The maximum Gasteiger partial charge on any atom is 0.328 e. The summed E-state index contributed by atoms with van der Waals surface area (Å²) in [5.74, 6) is -0.152. The van der Waals surface area contributed by atoms with Gasteiger partial charge >= 0.3 is 5.97 Å². The number of aryl methyl sites for hydroxylation is 1. The van der Waals surface area contributed by atoms with Crippen molar-refractivity contribution >= 4 is 23.6 Å². The van der Waals surface area contributed by atoms with Crippen LogP contribution in [0.2, 0.25) is 0 Å². The third kappa shape index (κ3) is 3.50. The summed E-state index contributed by atoms with van der Waals surface area (Å²) < 4.78 is 4.78. The topological polar surface area (TPSA) is 55.4 Å². The summed E-state index contributed by atoms with van der Waals surface area (Å²) in [6.45, 7) is 2.42. The number of ether oxygens (including phenoxy) is 1. The van der Waals surface area contributed by atoms with Crippen LogP contribution < -0.4 is 5.32 Å². The molecule has 5 heteroatoms. The first kappa shape index (κ1) is 13.0. The summed E-state index contributed by atoms with van der Waals surface area (Å²) in [7, 11) is 0. The highest BCUT2D eigenvalue weighted by atomic mass is 32.2. The molecule has 1 aliphatic rings. The van der Waals surface area contributed by atoms with E-state index in [1.54, 1.807) is 0 Å². The molecule has 1 amide bonds. The molecule has 96 valence electrons. The monoisotopic (exact) mass is 265 g/mol. The van der Waals surface area contributed by atoms with Gasteiger partial charge in [-0.2, -0.15) is 0 Å². The molecule has 2 rings (SSSR count). The zero-order valence-corrected chi connectivity index (χ0v) is 11.0. The molecular formula is C13H15NO3S. The first-order chi connectivity index (χ1) is 8.65. The lowest BCUT2D eigenvalue weighted by Gasteiger charge is -2.08. The lowest BCUT2D eigenvalue weighted by Crippen LogP contribution is -2.38. The number of hydrogen-bond donors (Lipinski definition) is 1. The van der Waals surface area contributed by atoms with Gasteiger partial charge in [-0.1, -0.05) is 17.7 Å². The second-order valence-corrected chi connectivity index (χ2v) is 5.23. The molecule has 1 fully saturated rings. The van der Waals surface area contributed by atoms with Gasteiger partial charge in [0.05, 0.1) is 12.4 Å². The molecule has 1 unspecified atom stereocenters. The van der Waals surface area contributed by atoms with E-state index in [9.17, 15) is 9.59 Å². The van der Waals surface area contributed by atoms with E-state index in [0.717, 1.165) is 4.90 Å². The van der Waals surface area contributed by atoms with Crippen LogP contribution in [0.5, 0.6) is 0 Å². The van der Waals surface area contributed by atoms with E-state index < -0.39 is 6.04 Å². The molecule has 1 saturated heterocycles. The van der Waals surface area contributed by atoms with Crippen LogP contribution >= 0.6 is 11.8 Å². The van der Waals surface area contributed by atoms with E-state index >= 15 is 0 Å². The molecular weight excluding hydrogens is 250 g/mol. The number of carbonyl (C=O) groups is 2. The highest BCUT2D eigenvalue weighted by Crippen LogP contribution is 2.18. The zero-order valence-electron chi connectivity index (χ0n) is 10.1. The average molecular weight is 265 g/mol. The van der Waals surface area contributed by atoms with Crippen molar-refractivity contribution in [2.45, 2.75) is 24.3 Å². The van der Waals surface area contributed by atoms with Gasteiger partial charge in [0.1, 0.15) is 6.04 Å². The van der Waals surface area contributed by atoms with E-state index in [4.69, 9.17) is 4.74 Å². The molecule has 0 aliphatic carbocycles. The zero-order chi connectivity index (χ0) is 13.0. The largest absolute Gasteiger partial charge is 0.464 e. The lowest BCUT2D eigenvalue weighted by atomic mass is 10.2. The van der Waals surface area contributed by atoms with Gasteiger partial charge in [0.15, 0.2) is 0 Å². The predicted molar refractivity (Wildman–Crippen MR) is 69.4 cm³/mol. The summed E-state index contributed by atoms with van der Waals surface area (Å²) >= 11 is 1.46. The van der Waals surface area contributed by atoms with Gasteiger partial charge in [-0.25, -0.2) is 4.79 Å². The molecule has 0 saturated carbocycles. The van der Waals surface area contributed by atoms with E-state index in [1.165, 1.54) is 17.3 Å². The van der Waals surface area contributed by atoms with Crippen molar-refractivity contribution in [2.24, 2.45) is 0 Å². The Hall–Kier alpha value is -1.49. The normalized spacial score (nSPS) is 18.5. The van der Waals surface area contributed by atoms with Crippen molar-refractivity contribution in [3.8, 4) is 0 Å². The number of nitrogens with one attached hydrogen (secondary N) is 1. The quantitative estimate of drug-likeness (QED) is 0.662. The van der Waals surface area contributed by atoms with E-state index in [0.29, 0.717) is 18.8 Å². The maximum absolute atomic E-state index is 11.6. The number of carbonyl (C=O) groups excluding carboxylic acids is 2. The molecule has 0 spiro atoms. The summed E-state index contributed by atoms with van der Waals surface area (Å²) in [6, 6.07) is 7.52. The number of amides is 1. The Balaban J connectivity index is 1.78. The Kier molecular flexibility index (Phi) is 4.25. The molecule has 1 aromatic carbocycles. The Labute approximate surface area is 110 Å². The van der Waals surface area contributed by atoms with Gasteiger partial charge in [-0.15, -0.1) is 11.8 Å². The fourth-order valence-corrected chi connectivity index (χ4v) is 2.36. The van der Waals surface area contributed by atoms with Crippen LogP contribution in [0.1, 0.15) is 12.0 Å². The molecule has 0 aromatic heterocycles. The van der Waals surface area contributed by atoms with Crippen LogP contribution in [0.15, 0.2) is 29.2 Å². The fraction of sp³-hybridized carbons (Fsp3) is 0.385. The van der Waals surface area contributed by atoms with Crippen LogP contribution in [0.3, 0.4) is 0 Å². The van der Waals surface area contributed by atoms with Crippen LogP contribution in [0, 0.1) is 6.92 Å². The van der Waals surface area contributed by atoms with E-state index in [1.807, 2.05) is 31.2 Å². The van der Waals surface area contributed by atoms with Crippen LogP contribution in [-0.2, 0) is 14.3 Å². The lowest BCUT2D eigenvalue weighted by molar-refractivity contribution is -0.141. The summed E-state index contributed by atoms with van der Waals surface area (Å²) in [4.78, 5) is 23.9. The molecule has 4 nitrogen and oxygen atoms in total. The number of thioether (sulfide) groups is 1. The van der Waals surface area contributed by atoms with Gasteiger partial charge in [-0.3, -0.25) is 4.79 Å². The molecule has 1 atom stereocenters. The number of hydrogen-bond acceptors (Lipinski definition) is 4. The standard InChI is InChI=1S/C13H15NO3S/c1-9-2-4-10(5-3-9)18-8-12(15)14-11-6-7-17-13(11)16/h2-5,11H,6-8H2,1H3,(H,14,15). The number of rotatable bonds is 4. The average Bonchev–Trinajstić information content (AvgIpc) is 2.74. The third-order valence-corrected chi connectivity index (χ3v) is 3.67. The van der Waals surface area contributed by atoms with Crippen molar-refractivity contribution in [1.82, 2.24) is 5.32 Å². The van der Waals surface area contributed by atoms with Gasteiger partial charge in [0, 0.05) is 11.3 Å². The molecule has 1 aliphatic heterocycles. The predicted octanol–water partition coefficient (Wildman–Crippen LogP) is 1.52. The smallest absolute Gasteiger partial charge is 0.328 e. The maximum atomic E-state index is 11.6. The van der Waals surface area contributed by atoms with Crippen LogP contribution in [0.4, 0.5) is 0 Å². The van der Waals surface area contributed by atoms with Gasteiger partial charge in [0.25, 0.3) is 0 Å². The second-order valence-electron chi connectivity index (χ2n) is 4.18. The first-order valence-corrected chi connectivity index (χ1v) is 6.79. The Bertz CT molecular complexity index is 444. The first-order valence-electron chi connectivity index (χ1n) is 5.80. The molecule has 1 aromatic rings. The highest BCUT2D eigenvalue weighted by molar-refractivity contribution is 8.00. The molecule has 0 radical (unpaired) electrons. The highest BCUT2D eigenvalue weighted by Gasteiger charge is 2.27. The van der Waals surface area contributed by atoms with Crippen LogP contribution in [-0.4, -0.2) is 30.3 Å². The van der Waals surface area contributed by atoms with E-state index in [2.05, 4.69) is 5.32 Å². The Morgan fingerprint density at radius 2 is 2.17 bits per heavy atom.